The second-order valence-electron chi connectivity index (χ2n) is 4.24. The summed E-state index contributed by atoms with van der Waals surface area (Å²) in [5.41, 5.74) is 6.47. The standard InChI is InChI=1S/C14H16N6O/c15-4-1-3-12-9-13(11-16-10-12)14(21)17-5-2-7-20-8-6-18-19-20/h6,8-11H,2,4-5,7,15H2,(H,17,21). The van der Waals surface area contributed by atoms with E-state index < -0.39 is 0 Å². The number of rotatable bonds is 5. The third-order valence-electron chi connectivity index (χ3n) is 2.66. The van der Waals surface area contributed by atoms with Gasteiger partial charge in [0.2, 0.25) is 0 Å². The van der Waals surface area contributed by atoms with Gasteiger partial charge in [-0.25, -0.2) is 0 Å². The van der Waals surface area contributed by atoms with E-state index in [-0.39, 0.29) is 12.5 Å². The van der Waals surface area contributed by atoms with E-state index in [4.69, 9.17) is 5.73 Å². The molecule has 0 unspecified atom stereocenters. The van der Waals surface area contributed by atoms with E-state index in [9.17, 15) is 4.79 Å². The van der Waals surface area contributed by atoms with E-state index in [0.29, 0.717) is 24.2 Å². The van der Waals surface area contributed by atoms with Crippen molar-refractivity contribution in [2.75, 3.05) is 13.1 Å². The first-order valence-corrected chi connectivity index (χ1v) is 6.56. The number of hydrogen-bond donors (Lipinski definition) is 2. The fourth-order valence-electron chi connectivity index (χ4n) is 1.68. The Morgan fingerprint density at radius 1 is 1.43 bits per heavy atom. The zero-order valence-electron chi connectivity index (χ0n) is 11.5. The Bertz CT molecular complexity index is 641. The Hall–Kier alpha value is -2.72. The maximum atomic E-state index is 12.0. The van der Waals surface area contributed by atoms with Crippen LogP contribution in [0.3, 0.4) is 0 Å². The highest BCUT2D eigenvalue weighted by atomic mass is 16.1. The molecule has 0 radical (unpaired) electrons. The van der Waals surface area contributed by atoms with E-state index in [0.717, 1.165) is 6.42 Å². The van der Waals surface area contributed by atoms with Crippen molar-refractivity contribution in [3.05, 3.63) is 42.0 Å². The maximum absolute atomic E-state index is 12.0. The largest absolute Gasteiger partial charge is 0.352 e. The van der Waals surface area contributed by atoms with Gasteiger partial charge < -0.3 is 11.1 Å². The van der Waals surface area contributed by atoms with Crippen molar-refractivity contribution in [1.29, 1.82) is 0 Å². The normalized spacial score (nSPS) is 9.76. The van der Waals surface area contributed by atoms with Crippen LogP contribution in [0.5, 0.6) is 0 Å². The highest BCUT2D eigenvalue weighted by Gasteiger charge is 2.05. The number of nitrogens with two attached hydrogens (primary N) is 1. The molecule has 2 aromatic rings. The molecule has 0 aromatic carbocycles. The van der Waals surface area contributed by atoms with Crippen LogP contribution in [0.1, 0.15) is 22.3 Å². The van der Waals surface area contributed by atoms with Crippen LogP contribution in [-0.4, -0.2) is 39.0 Å². The third-order valence-corrected chi connectivity index (χ3v) is 2.66. The van der Waals surface area contributed by atoms with Gasteiger partial charge in [0, 0.05) is 37.2 Å². The maximum Gasteiger partial charge on any atom is 0.252 e. The minimum atomic E-state index is -0.169. The van der Waals surface area contributed by atoms with E-state index >= 15 is 0 Å². The van der Waals surface area contributed by atoms with Crippen LogP contribution in [0, 0.1) is 11.8 Å². The lowest BCUT2D eigenvalue weighted by molar-refractivity contribution is 0.0952. The number of carbonyl (C=O) groups is 1. The molecule has 7 nitrogen and oxygen atoms in total. The number of aromatic nitrogens is 4. The summed E-state index contributed by atoms with van der Waals surface area (Å²) in [5, 5.41) is 10.4. The summed E-state index contributed by atoms with van der Waals surface area (Å²) < 4.78 is 1.72. The van der Waals surface area contributed by atoms with Crippen LogP contribution in [0.25, 0.3) is 0 Å². The number of nitrogens with zero attached hydrogens (tertiary/aromatic N) is 4. The molecule has 2 rings (SSSR count). The fraction of sp³-hybridized carbons (Fsp3) is 0.286. The minimum Gasteiger partial charge on any atom is -0.352 e. The highest BCUT2D eigenvalue weighted by molar-refractivity contribution is 5.94. The first kappa shape index (κ1) is 14.7. The summed E-state index contributed by atoms with van der Waals surface area (Å²) in [6, 6.07) is 1.70. The second-order valence-corrected chi connectivity index (χ2v) is 4.24. The summed E-state index contributed by atoms with van der Waals surface area (Å²) in [7, 11) is 0. The Morgan fingerprint density at radius 2 is 2.33 bits per heavy atom. The van der Waals surface area contributed by atoms with Gasteiger partial charge in [-0.15, -0.1) is 5.10 Å². The van der Waals surface area contributed by atoms with Crippen molar-refractivity contribution < 1.29 is 4.79 Å². The first-order valence-electron chi connectivity index (χ1n) is 6.56. The number of hydrogen-bond acceptors (Lipinski definition) is 5. The second kappa shape index (κ2) is 7.77. The Kier molecular flexibility index (Phi) is 5.43. The molecule has 0 aliphatic carbocycles. The molecule has 0 aliphatic heterocycles. The lowest BCUT2D eigenvalue weighted by Gasteiger charge is -2.05. The van der Waals surface area contributed by atoms with Crippen LogP contribution in [-0.2, 0) is 6.54 Å². The van der Waals surface area contributed by atoms with Crippen molar-refractivity contribution in [3.63, 3.8) is 0 Å². The molecule has 108 valence electrons. The first-order chi connectivity index (χ1) is 10.3. The lowest BCUT2D eigenvalue weighted by Crippen LogP contribution is -2.25. The van der Waals surface area contributed by atoms with Crippen molar-refractivity contribution in [2.24, 2.45) is 5.73 Å². The average Bonchev–Trinajstić information content (AvgIpc) is 3.03. The van der Waals surface area contributed by atoms with Gasteiger partial charge in [0.15, 0.2) is 0 Å². The summed E-state index contributed by atoms with van der Waals surface area (Å²) >= 11 is 0. The SMILES string of the molecule is NCC#Cc1cncc(C(=O)NCCCn2ccnn2)c1. The monoisotopic (exact) mass is 284 g/mol. The van der Waals surface area contributed by atoms with E-state index in [1.165, 1.54) is 6.20 Å². The number of carbonyl (C=O) groups excluding carboxylic acids is 1. The van der Waals surface area contributed by atoms with Gasteiger partial charge in [0.05, 0.1) is 18.3 Å². The molecule has 2 heterocycles. The van der Waals surface area contributed by atoms with E-state index in [1.807, 2.05) is 0 Å². The summed E-state index contributed by atoms with van der Waals surface area (Å²) in [6.07, 6.45) is 7.29. The third kappa shape index (κ3) is 4.71. The molecule has 1 amide bonds. The van der Waals surface area contributed by atoms with Crippen molar-refractivity contribution in [1.82, 2.24) is 25.3 Å². The molecule has 7 heteroatoms. The predicted octanol–water partition coefficient (Wildman–Crippen LogP) is -0.197. The zero-order chi connectivity index (χ0) is 14.9. The molecule has 0 atom stereocenters. The van der Waals surface area contributed by atoms with Gasteiger partial charge in [-0.1, -0.05) is 17.1 Å². The summed E-state index contributed by atoms with van der Waals surface area (Å²) in [6.45, 7) is 1.54. The van der Waals surface area contributed by atoms with E-state index in [1.54, 1.807) is 29.3 Å². The van der Waals surface area contributed by atoms with Crippen LogP contribution >= 0.6 is 0 Å². The van der Waals surface area contributed by atoms with Crippen molar-refractivity contribution in [3.8, 4) is 11.8 Å². The van der Waals surface area contributed by atoms with Gasteiger partial charge in [-0.3, -0.25) is 14.5 Å². The number of aryl methyl sites for hydroxylation is 1. The molecular weight excluding hydrogens is 268 g/mol. The van der Waals surface area contributed by atoms with Gasteiger partial charge in [-0.05, 0) is 12.5 Å². The molecule has 0 bridgehead atoms. The molecule has 3 N–H and O–H groups in total. The molecule has 0 aliphatic rings. The van der Waals surface area contributed by atoms with Gasteiger partial charge >= 0.3 is 0 Å². The molecule has 0 spiro atoms. The van der Waals surface area contributed by atoms with Gasteiger partial charge in [0.1, 0.15) is 0 Å². The lowest BCUT2D eigenvalue weighted by atomic mass is 10.2. The van der Waals surface area contributed by atoms with Crippen LogP contribution < -0.4 is 11.1 Å². The number of nitrogens with one attached hydrogen (secondary N) is 1. The van der Waals surface area contributed by atoms with Gasteiger partial charge in [-0.2, -0.15) is 0 Å². The number of pyridine rings is 1. The molecule has 2 aromatic heterocycles. The van der Waals surface area contributed by atoms with Crippen LogP contribution in [0.2, 0.25) is 0 Å². The quantitative estimate of drug-likeness (QED) is 0.585. The summed E-state index contributed by atoms with van der Waals surface area (Å²) in [5.74, 6) is 5.41. The van der Waals surface area contributed by atoms with Crippen molar-refractivity contribution >= 4 is 5.91 Å². The topological polar surface area (TPSA) is 98.7 Å². The number of amides is 1. The van der Waals surface area contributed by atoms with Gasteiger partial charge in [0.25, 0.3) is 5.91 Å². The fourth-order valence-corrected chi connectivity index (χ4v) is 1.68. The molecular formula is C14H16N6O. The Balaban J connectivity index is 1.82. The van der Waals surface area contributed by atoms with E-state index in [2.05, 4.69) is 32.5 Å². The van der Waals surface area contributed by atoms with Crippen molar-refractivity contribution in [2.45, 2.75) is 13.0 Å². The van der Waals surface area contributed by atoms with Crippen LogP contribution in [0.4, 0.5) is 0 Å². The average molecular weight is 284 g/mol. The minimum absolute atomic E-state index is 0.169. The smallest absolute Gasteiger partial charge is 0.252 e. The molecule has 21 heavy (non-hydrogen) atoms. The Morgan fingerprint density at radius 3 is 3.10 bits per heavy atom. The van der Waals surface area contributed by atoms with Crippen LogP contribution in [0.15, 0.2) is 30.9 Å². The molecule has 0 fully saturated rings. The zero-order valence-corrected chi connectivity index (χ0v) is 11.5. The predicted molar refractivity (Wildman–Crippen MR) is 77.1 cm³/mol. The Labute approximate surface area is 122 Å². The highest BCUT2D eigenvalue weighted by Crippen LogP contribution is 2.01. The molecule has 0 saturated heterocycles. The molecule has 0 saturated carbocycles. The summed E-state index contributed by atoms with van der Waals surface area (Å²) in [4.78, 5) is 16.0.